The smallest absolute Gasteiger partial charge is 0.181 e. The molecule has 1 aliphatic rings. The summed E-state index contributed by atoms with van der Waals surface area (Å²) in [5.41, 5.74) is 1.31. The highest BCUT2D eigenvalue weighted by Crippen LogP contribution is 2.35. The largest absolute Gasteiger partial charge is 0.290 e. The molecule has 0 saturated carbocycles. The van der Waals surface area contributed by atoms with E-state index in [9.17, 15) is 4.79 Å². The molecule has 0 spiro atoms. The van der Waals surface area contributed by atoms with Crippen molar-refractivity contribution in [1.29, 1.82) is 0 Å². The number of ketones is 1. The summed E-state index contributed by atoms with van der Waals surface area (Å²) in [6.45, 7) is 6.51. The highest BCUT2D eigenvalue weighted by molar-refractivity contribution is 6.04. The Bertz CT molecular complexity index is 269. The fraction of sp³-hybridized carbons (Fsp3) is 0.615. The van der Waals surface area contributed by atoms with Crippen molar-refractivity contribution in [1.82, 2.24) is 0 Å². The van der Waals surface area contributed by atoms with Gasteiger partial charge in [0, 0.05) is 0 Å². The second kappa shape index (κ2) is 4.59. The Hall–Kier alpha value is -0.850. The molecule has 1 heteroatoms. The van der Waals surface area contributed by atoms with E-state index < -0.39 is 0 Å². The van der Waals surface area contributed by atoms with Crippen LogP contribution < -0.4 is 0 Å². The first kappa shape index (κ1) is 11.2. The standard InChI is InChI=1S/C13H20O/c1-4-5-8-12(14)11-7-6-9-13(2,3)10-11/h5,7-8H,4,6,9-10H2,1-3H3. The molecule has 0 heterocycles. The Morgan fingerprint density at radius 3 is 2.86 bits per heavy atom. The summed E-state index contributed by atoms with van der Waals surface area (Å²) in [5, 5.41) is 0. The van der Waals surface area contributed by atoms with Gasteiger partial charge >= 0.3 is 0 Å². The first-order valence-corrected chi connectivity index (χ1v) is 5.45. The van der Waals surface area contributed by atoms with Gasteiger partial charge in [0.1, 0.15) is 0 Å². The van der Waals surface area contributed by atoms with Crippen molar-refractivity contribution in [3.05, 3.63) is 23.8 Å². The topological polar surface area (TPSA) is 17.1 Å². The molecule has 0 radical (unpaired) electrons. The molecule has 0 unspecified atom stereocenters. The number of hydrogen-bond donors (Lipinski definition) is 0. The van der Waals surface area contributed by atoms with Crippen molar-refractivity contribution < 1.29 is 4.79 Å². The third-order valence-corrected chi connectivity index (χ3v) is 2.70. The molecule has 0 aromatic carbocycles. The average Bonchev–Trinajstić information content (AvgIpc) is 2.12. The van der Waals surface area contributed by atoms with Crippen LogP contribution in [-0.4, -0.2) is 5.78 Å². The van der Waals surface area contributed by atoms with E-state index in [1.165, 1.54) is 6.42 Å². The quantitative estimate of drug-likeness (QED) is 0.624. The van der Waals surface area contributed by atoms with Crippen LogP contribution in [-0.2, 0) is 4.79 Å². The number of allylic oxidation sites excluding steroid dienone is 4. The zero-order valence-electron chi connectivity index (χ0n) is 9.47. The predicted octanol–water partition coefficient (Wildman–Crippen LogP) is 3.66. The second-order valence-electron chi connectivity index (χ2n) is 4.78. The summed E-state index contributed by atoms with van der Waals surface area (Å²) in [6.07, 6.45) is 9.86. The van der Waals surface area contributed by atoms with Crippen molar-refractivity contribution in [2.45, 2.75) is 46.5 Å². The van der Waals surface area contributed by atoms with E-state index >= 15 is 0 Å². The van der Waals surface area contributed by atoms with Crippen LogP contribution in [0.4, 0.5) is 0 Å². The molecule has 0 saturated heterocycles. The molecule has 0 atom stereocenters. The van der Waals surface area contributed by atoms with Crippen LogP contribution in [0.5, 0.6) is 0 Å². The highest BCUT2D eigenvalue weighted by atomic mass is 16.1. The predicted molar refractivity (Wildman–Crippen MR) is 60.2 cm³/mol. The summed E-state index contributed by atoms with van der Waals surface area (Å²) in [4.78, 5) is 11.7. The molecule has 0 aromatic rings. The van der Waals surface area contributed by atoms with Crippen LogP contribution in [0.3, 0.4) is 0 Å². The van der Waals surface area contributed by atoms with E-state index in [0.29, 0.717) is 5.41 Å². The zero-order valence-corrected chi connectivity index (χ0v) is 9.47. The molecule has 0 fully saturated rings. The van der Waals surface area contributed by atoms with E-state index in [1.54, 1.807) is 6.08 Å². The van der Waals surface area contributed by atoms with Gasteiger partial charge in [-0.1, -0.05) is 32.9 Å². The summed E-state index contributed by atoms with van der Waals surface area (Å²) >= 11 is 0. The van der Waals surface area contributed by atoms with Gasteiger partial charge in [-0.3, -0.25) is 4.79 Å². The molecule has 0 N–H and O–H groups in total. The van der Waals surface area contributed by atoms with Crippen LogP contribution in [0, 0.1) is 5.41 Å². The first-order valence-electron chi connectivity index (χ1n) is 5.45. The van der Waals surface area contributed by atoms with Crippen LogP contribution in [0.1, 0.15) is 46.5 Å². The van der Waals surface area contributed by atoms with E-state index in [0.717, 1.165) is 24.8 Å². The van der Waals surface area contributed by atoms with Gasteiger partial charge in [0.05, 0.1) is 0 Å². The third-order valence-electron chi connectivity index (χ3n) is 2.70. The van der Waals surface area contributed by atoms with Gasteiger partial charge in [-0.2, -0.15) is 0 Å². The number of carbonyl (C=O) groups excluding carboxylic acids is 1. The van der Waals surface area contributed by atoms with E-state index in [2.05, 4.69) is 19.9 Å². The Labute approximate surface area is 86.9 Å². The van der Waals surface area contributed by atoms with Crippen molar-refractivity contribution >= 4 is 5.78 Å². The molecule has 0 aliphatic heterocycles. The van der Waals surface area contributed by atoms with Crippen LogP contribution in [0.2, 0.25) is 0 Å². The molecule has 0 bridgehead atoms. The number of carbonyl (C=O) groups is 1. The molecule has 1 aliphatic carbocycles. The molecule has 1 nitrogen and oxygen atoms in total. The Kier molecular flexibility index (Phi) is 3.68. The molecule has 0 amide bonds. The maximum Gasteiger partial charge on any atom is 0.181 e. The Morgan fingerprint density at radius 1 is 1.57 bits per heavy atom. The highest BCUT2D eigenvalue weighted by Gasteiger charge is 2.24. The van der Waals surface area contributed by atoms with Gasteiger partial charge in [-0.15, -0.1) is 0 Å². The summed E-state index contributed by atoms with van der Waals surface area (Å²) in [6, 6.07) is 0. The number of hydrogen-bond acceptors (Lipinski definition) is 1. The van der Waals surface area contributed by atoms with Gasteiger partial charge < -0.3 is 0 Å². The second-order valence-corrected chi connectivity index (χ2v) is 4.78. The van der Waals surface area contributed by atoms with E-state index in [1.807, 2.05) is 13.0 Å². The van der Waals surface area contributed by atoms with Crippen LogP contribution in [0.25, 0.3) is 0 Å². The fourth-order valence-corrected chi connectivity index (χ4v) is 1.83. The Balaban J connectivity index is 2.65. The maximum atomic E-state index is 11.7. The fourth-order valence-electron chi connectivity index (χ4n) is 1.83. The van der Waals surface area contributed by atoms with Crippen molar-refractivity contribution in [2.75, 3.05) is 0 Å². The normalized spacial score (nSPS) is 20.9. The lowest BCUT2D eigenvalue weighted by Crippen LogP contribution is -2.18. The van der Waals surface area contributed by atoms with Gasteiger partial charge in [0.25, 0.3) is 0 Å². The van der Waals surface area contributed by atoms with Crippen LogP contribution >= 0.6 is 0 Å². The van der Waals surface area contributed by atoms with Gasteiger partial charge in [0.2, 0.25) is 0 Å². The van der Waals surface area contributed by atoms with E-state index in [4.69, 9.17) is 0 Å². The summed E-state index contributed by atoms with van der Waals surface area (Å²) in [7, 11) is 0. The first-order chi connectivity index (χ1) is 6.55. The SMILES string of the molecule is CCC=CC(=O)C1=CCCC(C)(C)C1. The molecular weight excluding hydrogens is 172 g/mol. The lowest BCUT2D eigenvalue weighted by molar-refractivity contribution is -0.111. The van der Waals surface area contributed by atoms with Crippen molar-refractivity contribution in [3.63, 3.8) is 0 Å². The minimum Gasteiger partial charge on any atom is -0.290 e. The zero-order chi connectivity index (χ0) is 10.6. The van der Waals surface area contributed by atoms with Gasteiger partial charge in [-0.05, 0) is 42.7 Å². The minimum atomic E-state index is 0.208. The Morgan fingerprint density at radius 2 is 2.29 bits per heavy atom. The summed E-state index contributed by atoms with van der Waals surface area (Å²) < 4.78 is 0. The van der Waals surface area contributed by atoms with Crippen molar-refractivity contribution in [2.24, 2.45) is 5.41 Å². The van der Waals surface area contributed by atoms with Crippen molar-refractivity contribution in [3.8, 4) is 0 Å². The molecule has 0 aromatic heterocycles. The lowest BCUT2D eigenvalue weighted by Gasteiger charge is -2.28. The number of rotatable bonds is 3. The maximum absolute atomic E-state index is 11.7. The minimum absolute atomic E-state index is 0.208. The van der Waals surface area contributed by atoms with Crippen LogP contribution in [0.15, 0.2) is 23.8 Å². The van der Waals surface area contributed by atoms with E-state index in [-0.39, 0.29) is 5.78 Å². The molecule has 14 heavy (non-hydrogen) atoms. The molecule has 1 rings (SSSR count). The molecular formula is C13H20O. The van der Waals surface area contributed by atoms with Gasteiger partial charge in [-0.25, -0.2) is 0 Å². The monoisotopic (exact) mass is 192 g/mol. The molecule has 78 valence electrons. The summed E-state index contributed by atoms with van der Waals surface area (Å²) in [5.74, 6) is 0.208. The average molecular weight is 192 g/mol. The van der Waals surface area contributed by atoms with Gasteiger partial charge in [0.15, 0.2) is 5.78 Å². The lowest BCUT2D eigenvalue weighted by atomic mass is 9.76. The third kappa shape index (κ3) is 3.13.